The van der Waals surface area contributed by atoms with Gasteiger partial charge >= 0.3 is 0 Å². The molecule has 0 amide bonds. The molecule has 0 aliphatic heterocycles. The van der Waals surface area contributed by atoms with Crippen molar-refractivity contribution in [3.63, 3.8) is 0 Å². The van der Waals surface area contributed by atoms with Crippen molar-refractivity contribution in [1.82, 2.24) is 20.0 Å². The summed E-state index contributed by atoms with van der Waals surface area (Å²) in [6.07, 6.45) is 0.753. The minimum atomic E-state index is -0.0971. The van der Waals surface area contributed by atoms with Gasteiger partial charge in [-0.15, -0.1) is 16.4 Å². The Morgan fingerprint density at radius 1 is 1.25 bits per heavy atom. The second-order valence-electron chi connectivity index (χ2n) is 4.29. The molecule has 3 rings (SSSR count). The van der Waals surface area contributed by atoms with Crippen molar-refractivity contribution in [3.8, 4) is 16.4 Å². The van der Waals surface area contributed by atoms with Gasteiger partial charge in [0, 0.05) is 10.9 Å². The van der Waals surface area contributed by atoms with Crippen LogP contribution < -0.4 is 0 Å². The van der Waals surface area contributed by atoms with Gasteiger partial charge < -0.3 is 5.11 Å². The van der Waals surface area contributed by atoms with E-state index in [1.807, 2.05) is 42.6 Å². The molecule has 5 nitrogen and oxygen atoms in total. The Morgan fingerprint density at radius 3 is 2.75 bits per heavy atom. The van der Waals surface area contributed by atoms with Gasteiger partial charge in [0.2, 0.25) is 5.13 Å². The van der Waals surface area contributed by atoms with Crippen LogP contribution in [-0.2, 0) is 13.0 Å². The zero-order chi connectivity index (χ0) is 13.9. The molecule has 0 aliphatic rings. The highest BCUT2D eigenvalue weighted by Gasteiger charge is 2.14. The lowest BCUT2D eigenvalue weighted by molar-refractivity contribution is 0.275. The van der Waals surface area contributed by atoms with Crippen molar-refractivity contribution in [2.75, 3.05) is 0 Å². The van der Waals surface area contributed by atoms with Crippen LogP contribution in [0.15, 0.2) is 35.7 Å². The van der Waals surface area contributed by atoms with Crippen LogP contribution in [0.2, 0.25) is 0 Å². The third-order valence-corrected chi connectivity index (χ3v) is 3.89. The highest BCUT2D eigenvalue weighted by Crippen LogP contribution is 2.24. The lowest BCUT2D eigenvalue weighted by atomic mass is 10.2. The first-order valence-corrected chi connectivity index (χ1v) is 7.27. The third kappa shape index (κ3) is 2.23. The van der Waals surface area contributed by atoms with Crippen LogP contribution in [0.25, 0.3) is 16.4 Å². The Morgan fingerprint density at radius 2 is 2.05 bits per heavy atom. The molecule has 0 aliphatic carbocycles. The number of hydrogen-bond acceptors (Lipinski definition) is 5. The molecule has 0 atom stereocenters. The lowest BCUT2D eigenvalue weighted by Gasteiger charge is -2.00. The summed E-state index contributed by atoms with van der Waals surface area (Å²) in [6.45, 7) is 1.92. The van der Waals surface area contributed by atoms with Crippen LogP contribution in [0.3, 0.4) is 0 Å². The number of thiazole rings is 1. The molecule has 1 N–H and O–H groups in total. The summed E-state index contributed by atoms with van der Waals surface area (Å²) in [5.41, 5.74) is 3.52. The Bertz CT molecular complexity index is 705. The quantitative estimate of drug-likeness (QED) is 0.800. The maximum absolute atomic E-state index is 9.26. The van der Waals surface area contributed by atoms with E-state index in [4.69, 9.17) is 0 Å². The molecule has 1 aromatic carbocycles. The molecule has 3 aromatic rings. The zero-order valence-electron chi connectivity index (χ0n) is 11.0. The Balaban J connectivity index is 2.00. The van der Waals surface area contributed by atoms with Crippen molar-refractivity contribution in [2.24, 2.45) is 0 Å². The summed E-state index contributed by atoms with van der Waals surface area (Å²) in [4.78, 5) is 4.60. The monoisotopic (exact) mass is 286 g/mol. The topological polar surface area (TPSA) is 63.8 Å². The van der Waals surface area contributed by atoms with Gasteiger partial charge in [0.25, 0.3) is 0 Å². The number of aliphatic hydroxyl groups is 1. The SMILES string of the molecule is CCc1c(CO)nnn1-c1nc(-c2ccccc2)cs1. The molecule has 6 heteroatoms. The van der Waals surface area contributed by atoms with Gasteiger partial charge in [0.1, 0.15) is 5.69 Å². The Labute approximate surface area is 120 Å². The van der Waals surface area contributed by atoms with Crippen LogP contribution in [0.4, 0.5) is 0 Å². The maximum Gasteiger partial charge on any atom is 0.212 e. The molecule has 0 fully saturated rings. The molecular weight excluding hydrogens is 272 g/mol. The second-order valence-corrected chi connectivity index (χ2v) is 5.12. The molecule has 0 saturated carbocycles. The first kappa shape index (κ1) is 13.0. The third-order valence-electron chi connectivity index (χ3n) is 3.07. The molecule has 0 radical (unpaired) electrons. The van der Waals surface area contributed by atoms with E-state index < -0.39 is 0 Å². The molecule has 102 valence electrons. The van der Waals surface area contributed by atoms with Crippen LogP contribution in [0.1, 0.15) is 18.3 Å². The summed E-state index contributed by atoms with van der Waals surface area (Å²) in [7, 11) is 0. The molecule has 0 saturated heterocycles. The van der Waals surface area contributed by atoms with E-state index in [0.717, 1.165) is 28.5 Å². The number of aliphatic hydroxyl groups excluding tert-OH is 1. The van der Waals surface area contributed by atoms with Gasteiger partial charge in [-0.1, -0.05) is 42.5 Å². The summed E-state index contributed by atoms with van der Waals surface area (Å²) in [5.74, 6) is 0. The minimum absolute atomic E-state index is 0.0971. The highest BCUT2D eigenvalue weighted by molar-refractivity contribution is 7.12. The predicted octanol–water partition coefficient (Wildman–Crippen LogP) is 2.45. The highest BCUT2D eigenvalue weighted by atomic mass is 32.1. The van der Waals surface area contributed by atoms with Crippen molar-refractivity contribution in [3.05, 3.63) is 47.1 Å². The number of rotatable bonds is 4. The molecule has 0 spiro atoms. The average molecular weight is 286 g/mol. The van der Waals surface area contributed by atoms with Gasteiger partial charge in [-0.3, -0.25) is 0 Å². The molecule has 20 heavy (non-hydrogen) atoms. The van der Waals surface area contributed by atoms with Crippen LogP contribution >= 0.6 is 11.3 Å². The summed E-state index contributed by atoms with van der Waals surface area (Å²) in [6, 6.07) is 10.0. The standard InChI is InChI=1S/C14H14N4OS/c1-2-13-11(8-19)16-17-18(13)14-15-12(9-20-14)10-6-4-3-5-7-10/h3-7,9,19H,2,8H2,1H3. The molecular formula is C14H14N4OS. The fourth-order valence-electron chi connectivity index (χ4n) is 2.07. The Hall–Kier alpha value is -2.05. The zero-order valence-corrected chi connectivity index (χ0v) is 11.8. The summed E-state index contributed by atoms with van der Waals surface area (Å²) in [5, 5.41) is 20.1. The minimum Gasteiger partial charge on any atom is -0.390 e. The smallest absolute Gasteiger partial charge is 0.212 e. The Kier molecular flexibility index (Phi) is 3.58. The van der Waals surface area contributed by atoms with Crippen LogP contribution in [-0.4, -0.2) is 25.1 Å². The average Bonchev–Trinajstić information content (AvgIpc) is 3.14. The van der Waals surface area contributed by atoms with Crippen LogP contribution in [0, 0.1) is 0 Å². The van der Waals surface area contributed by atoms with Crippen molar-refractivity contribution in [1.29, 1.82) is 0 Å². The maximum atomic E-state index is 9.26. The van der Waals surface area contributed by atoms with Gasteiger partial charge in [0.05, 0.1) is 18.0 Å². The molecule has 2 heterocycles. The van der Waals surface area contributed by atoms with Gasteiger partial charge in [-0.25, -0.2) is 4.98 Å². The first-order valence-electron chi connectivity index (χ1n) is 6.39. The number of benzene rings is 1. The molecule has 2 aromatic heterocycles. The first-order chi connectivity index (χ1) is 9.83. The molecule has 0 bridgehead atoms. The van der Waals surface area contributed by atoms with E-state index >= 15 is 0 Å². The fraction of sp³-hybridized carbons (Fsp3) is 0.214. The van der Waals surface area contributed by atoms with Crippen LogP contribution in [0.5, 0.6) is 0 Å². The van der Waals surface area contributed by atoms with E-state index in [1.54, 1.807) is 4.68 Å². The van der Waals surface area contributed by atoms with E-state index in [1.165, 1.54) is 11.3 Å². The lowest BCUT2D eigenvalue weighted by Crippen LogP contribution is -2.02. The van der Waals surface area contributed by atoms with E-state index in [-0.39, 0.29) is 6.61 Å². The summed E-state index contributed by atoms with van der Waals surface area (Å²) >= 11 is 1.52. The second kappa shape index (κ2) is 5.52. The van der Waals surface area contributed by atoms with E-state index in [2.05, 4.69) is 15.3 Å². The number of hydrogen-bond donors (Lipinski definition) is 1. The van der Waals surface area contributed by atoms with Gasteiger partial charge in [-0.05, 0) is 6.42 Å². The predicted molar refractivity (Wildman–Crippen MR) is 77.8 cm³/mol. The molecule has 0 unspecified atom stereocenters. The van der Waals surface area contributed by atoms with Gasteiger partial charge in [-0.2, -0.15) is 4.68 Å². The van der Waals surface area contributed by atoms with Crippen molar-refractivity contribution in [2.45, 2.75) is 20.0 Å². The van der Waals surface area contributed by atoms with Crippen molar-refractivity contribution < 1.29 is 5.11 Å². The largest absolute Gasteiger partial charge is 0.390 e. The van der Waals surface area contributed by atoms with Crippen molar-refractivity contribution >= 4 is 11.3 Å². The van der Waals surface area contributed by atoms with Gasteiger partial charge in [0.15, 0.2) is 0 Å². The number of aromatic nitrogens is 4. The van der Waals surface area contributed by atoms with E-state index in [0.29, 0.717) is 5.69 Å². The van der Waals surface area contributed by atoms with E-state index in [9.17, 15) is 5.11 Å². The number of nitrogens with zero attached hydrogens (tertiary/aromatic N) is 4. The fourth-order valence-corrected chi connectivity index (χ4v) is 2.87. The normalized spacial score (nSPS) is 10.9. The summed E-state index contributed by atoms with van der Waals surface area (Å²) < 4.78 is 1.71.